The molecule has 0 saturated carbocycles. The Bertz CT molecular complexity index is 76.4. The molecule has 43 valence electrons. The second-order valence-corrected chi connectivity index (χ2v) is 1.89. The number of hydrogen-bond donors (Lipinski definition) is 1. The average molecular weight is 142 g/mol. The van der Waals surface area contributed by atoms with Crippen molar-refractivity contribution in [2.24, 2.45) is 5.73 Å². The van der Waals surface area contributed by atoms with Gasteiger partial charge in [0, 0.05) is 29.6 Å². The standard InChI is InChI=1S/C4H9NOS.Na/c1-3(2)6-4(5)7;/h3H,1-2H3,(H2,5,7);. The van der Waals surface area contributed by atoms with E-state index < -0.39 is 0 Å². The van der Waals surface area contributed by atoms with E-state index in [-0.39, 0.29) is 40.8 Å². The molecule has 0 spiro atoms. The molecule has 0 aliphatic rings. The van der Waals surface area contributed by atoms with Gasteiger partial charge in [0.05, 0.1) is 6.10 Å². The normalized spacial score (nSPS) is 7.88. The summed E-state index contributed by atoms with van der Waals surface area (Å²) in [4.78, 5) is 0. The molecule has 0 aliphatic carbocycles. The van der Waals surface area contributed by atoms with Gasteiger partial charge in [-0.3, -0.25) is 0 Å². The molecular formula is C4H9NNaOS. The third-order valence-electron chi connectivity index (χ3n) is 0.352. The molecule has 8 heavy (non-hydrogen) atoms. The zero-order valence-corrected chi connectivity index (χ0v) is 8.29. The van der Waals surface area contributed by atoms with Gasteiger partial charge >= 0.3 is 0 Å². The number of hydrogen-bond acceptors (Lipinski definition) is 2. The fourth-order valence-electron chi connectivity index (χ4n) is 0.232. The first-order chi connectivity index (χ1) is 3.13. The molecule has 0 atom stereocenters. The molecule has 0 saturated heterocycles. The molecule has 0 aliphatic heterocycles. The summed E-state index contributed by atoms with van der Waals surface area (Å²) in [5.74, 6) is 0. The molecule has 0 bridgehead atoms. The first-order valence-corrected chi connectivity index (χ1v) is 2.50. The van der Waals surface area contributed by atoms with Crippen LogP contribution in [0.1, 0.15) is 13.8 Å². The van der Waals surface area contributed by atoms with Crippen molar-refractivity contribution in [2.45, 2.75) is 20.0 Å². The van der Waals surface area contributed by atoms with E-state index in [0.29, 0.717) is 0 Å². The molecule has 0 aromatic heterocycles. The number of thiocarbonyl (C=S) groups is 1. The van der Waals surface area contributed by atoms with Gasteiger partial charge in [-0.25, -0.2) is 0 Å². The van der Waals surface area contributed by atoms with Gasteiger partial charge < -0.3 is 10.5 Å². The Morgan fingerprint density at radius 3 is 2.00 bits per heavy atom. The summed E-state index contributed by atoms with van der Waals surface area (Å²) in [6, 6.07) is 0. The second kappa shape index (κ2) is 5.82. The Hall–Kier alpha value is 0.690. The van der Waals surface area contributed by atoms with Crippen molar-refractivity contribution < 1.29 is 4.74 Å². The van der Waals surface area contributed by atoms with Crippen LogP contribution in [0.15, 0.2) is 0 Å². The van der Waals surface area contributed by atoms with Gasteiger partial charge in [0.2, 0.25) is 0 Å². The third kappa shape index (κ3) is 9.85. The number of rotatable bonds is 1. The molecule has 0 amide bonds. The number of nitrogens with two attached hydrogens (primary N) is 1. The molecule has 0 rings (SSSR count). The molecule has 0 fully saturated rings. The van der Waals surface area contributed by atoms with Crippen LogP contribution >= 0.6 is 12.2 Å². The number of ether oxygens (including phenoxy) is 1. The van der Waals surface area contributed by atoms with Crippen molar-refractivity contribution in [3.05, 3.63) is 0 Å². The van der Waals surface area contributed by atoms with Gasteiger partial charge in [-0.1, -0.05) is 0 Å². The third-order valence-corrected chi connectivity index (χ3v) is 0.448. The van der Waals surface area contributed by atoms with Crippen LogP contribution in [0.3, 0.4) is 0 Å². The molecular weight excluding hydrogens is 133 g/mol. The topological polar surface area (TPSA) is 35.2 Å². The van der Waals surface area contributed by atoms with Crippen molar-refractivity contribution in [3.8, 4) is 0 Å². The second-order valence-electron chi connectivity index (χ2n) is 1.49. The van der Waals surface area contributed by atoms with E-state index in [0.717, 1.165) is 0 Å². The van der Waals surface area contributed by atoms with E-state index in [1.165, 1.54) is 0 Å². The van der Waals surface area contributed by atoms with E-state index in [1.54, 1.807) is 0 Å². The van der Waals surface area contributed by atoms with Crippen molar-refractivity contribution in [1.82, 2.24) is 0 Å². The molecule has 1 radical (unpaired) electrons. The van der Waals surface area contributed by atoms with Crippen molar-refractivity contribution in [2.75, 3.05) is 0 Å². The Morgan fingerprint density at radius 2 is 2.00 bits per heavy atom. The van der Waals surface area contributed by atoms with Crippen LogP contribution < -0.4 is 5.73 Å². The summed E-state index contributed by atoms with van der Waals surface area (Å²) in [5, 5.41) is 0.120. The van der Waals surface area contributed by atoms with Crippen molar-refractivity contribution in [1.29, 1.82) is 0 Å². The molecule has 0 unspecified atom stereocenters. The van der Waals surface area contributed by atoms with Crippen LogP contribution in [0.4, 0.5) is 0 Å². The summed E-state index contributed by atoms with van der Waals surface area (Å²) in [6.07, 6.45) is 0.109. The predicted molar refractivity (Wildman–Crippen MR) is 38.8 cm³/mol. The van der Waals surface area contributed by atoms with Crippen molar-refractivity contribution in [3.63, 3.8) is 0 Å². The molecule has 0 aromatic carbocycles. The van der Waals surface area contributed by atoms with Gasteiger partial charge in [-0.05, 0) is 26.1 Å². The fourth-order valence-corrected chi connectivity index (χ4v) is 0.425. The summed E-state index contributed by atoms with van der Waals surface area (Å²) in [7, 11) is 0. The zero-order chi connectivity index (χ0) is 5.86. The van der Waals surface area contributed by atoms with Gasteiger partial charge in [0.15, 0.2) is 0 Å². The molecule has 2 N–H and O–H groups in total. The summed E-state index contributed by atoms with van der Waals surface area (Å²) in [6.45, 7) is 3.75. The smallest absolute Gasteiger partial charge is 0.254 e. The molecule has 0 aromatic rings. The quantitative estimate of drug-likeness (QED) is 0.421. The predicted octanol–water partition coefficient (Wildman–Crippen LogP) is 0.274. The van der Waals surface area contributed by atoms with Crippen LogP contribution in [-0.4, -0.2) is 40.8 Å². The monoisotopic (exact) mass is 142 g/mol. The van der Waals surface area contributed by atoms with Crippen LogP contribution in [0.2, 0.25) is 0 Å². The van der Waals surface area contributed by atoms with Crippen molar-refractivity contribution >= 4 is 46.9 Å². The van der Waals surface area contributed by atoms with Gasteiger partial charge in [-0.2, -0.15) is 0 Å². The van der Waals surface area contributed by atoms with Crippen LogP contribution in [0, 0.1) is 0 Å². The van der Waals surface area contributed by atoms with E-state index in [1.807, 2.05) is 13.8 Å². The van der Waals surface area contributed by atoms with E-state index in [4.69, 9.17) is 10.5 Å². The minimum absolute atomic E-state index is 0. The average Bonchev–Trinajstić information content (AvgIpc) is 1.27. The Morgan fingerprint density at radius 1 is 1.62 bits per heavy atom. The first-order valence-electron chi connectivity index (χ1n) is 2.09. The fraction of sp³-hybridized carbons (Fsp3) is 0.750. The molecule has 2 nitrogen and oxygen atoms in total. The van der Waals surface area contributed by atoms with Crippen LogP contribution in [0.5, 0.6) is 0 Å². The first kappa shape index (κ1) is 11.5. The maximum Gasteiger partial charge on any atom is 0.254 e. The largest absolute Gasteiger partial charge is 0.468 e. The van der Waals surface area contributed by atoms with Gasteiger partial charge in [0.25, 0.3) is 5.17 Å². The minimum atomic E-state index is 0. The summed E-state index contributed by atoms with van der Waals surface area (Å²) < 4.78 is 4.76. The SMILES string of the molecule is CC(C)OC(N)=S.[Na]. The summed E-state index contributed by atoms with van der Waals surface area (Å²) >= 11 is 4.43. The zero-order valence-electron chi connectivity index (χ0n) is 5.47. The summed E-state index contributed by atoms with van der Waals surface area (Å²) in [5.41, 5.74) is 5.00. The molecule has 0 heterocycles. The molecule has 4 heteroatoms. The minimum Gasteiger partial charge on any atom is -0.468 e. The maximum atomic E-state index is 5.00. The van der Waals surface area contributed by atoms with E-state index in [9.17, 15) is 0 Å². The van der Waals surface area contributed by atoms with E-state index in [2.05, 4.69) is 12.2 Å². The Kier molecular flexibility index (Phi) is 8.35. The Balaban J connectivity index is 0. The van der Waals surface area contributed by atoms with Gasteiger partial charge in [0.1, 0.15) is 0 Å². The maximum absolute atomic E-state index is 5.00. The van der Waals surface area contributed by atoms with E-state index >= 15 is 0 Å². The van der Waals surface area contributed by atoms with Gasteiger partial charge in [-0.15, -0.1) is 0 Å². The van der Waals surface area contributed by atoms with Crippen LogP contribution in [-0.2, 0) is 4.74 Å². The Labute approximate surface area is 77.1 Å². The van der Waals surface area contributed by atoms with Crippen LogP contribution in [0.25, 0.3) is 0 Å².